The van der Waals surface area contributed by atoms with E-state index < -0.39 is 0 Å². The molecular weight excluding hydrogens is 130 g/mol. The Hall–Kier alpha value is -1.27. The monoisotopic (exact) mass is 137 g/mol. The van der Waals surface area contributed by atoms with E-state index in [9.17, 15) is 0 Å². The van der Waals surface area contributed by atoms with Gasteiger partial charge in [0.2, 0.25) is 0 Å². The fourth-order valence-corrected chi connectivity index (χ4v) is 0.592. The summed E-state index contributed by atoms with van der Waals surface area (Å²) in [5.41, 5.74) is 0. The highest BCUT2D eigenvalue weighted by Gasteiger charge is 1.92. The molecule has 0 aliphatic rings. The van der Waals surface area contributed by atoms with E-state index in [1.54, 1.807) is 18.4 Å². The van der Waals surface area contributed by atoms with Gasteiger partial charge in [-0.25, -0.2) is 0 Å². The predicted molar refractivity (Wildman–Crippen MR) is 34.0 cm³/mol. The van der Waals surface area contributed by atoms with Crippen LogP contribution in [0.1, 0.15) is 5.76 Å². The molecular formula is C7H7NO2. The first kappa shape index (κ1) is 6.84. The first-order valence-corrected chi connectivity index (χ1v) is 2.90. The van der Waals surface area contributed by atoms with Gasteiger partial charge in [-0.05, 0) is 12.1 Å². The number of nitriles is 1. The first-order chi connectivity index (χ1) is 4.93. The molecule has 3 heteroatoms. The fraction of sp³-hybridized carbons (Fsp3) is 0.286. The van der Waals surface area contributed by atoms with Crippen LogP contribution in [0.25, 0.3) is 0 Å². The van der Waals surface area contributed by atoms with Crippen LogP contribution in [0.3, 0.4) is 0 Å². The summed E-state index contributed by atoms with van der Waals surface area (Å²) in [6.45, 7) is 0.487. The zero-order valence-electron chi connectivity index (χ0n) is 5.41. The molecule has 1 heterocycles. The van der Waals surface area contributed by atoms with E-state index >= 15 is 0 Å². The van der Waals surface area contributed by atoms with Gasteiger partial charge in [0.15, 0.2) is 0 Å². The minimum atomic E-state index is 0.112. The number of ether oxygens (including phenoxy) is 1. The molecule has 0 aromatic carbocycles. The normalized spacial score (nSPS) is 9.10. The quantitative estimate of drug-likeness (QED) is 0.590. The molecule has 0 saturated carbocycles. The van der Waals surface area contributed by atoms with Gasteiger partial charge < -0.3 is 9.15 Å². The van der Waals surface area contributed by atoms with Gasteiger partial charge in [-0.1, -0.05) is 0 Å². The average molecular weight is 137 g/mol. The molecule has 0 saturated heterocycles. The molecule has 0 atom stereocenters. The molecule has 0 aliphatic heterocycles. The van der Waals surface area contributed by atoms with Crippen LogP contribution >= 0.6 is 0 Å². The zero-order valence-corrected chi connectivity index (χ0v) is 5.41. The molecule has 0 N–H and O–H groups in total. The number of hydrogen-bond acceptors (Lipinski definition) is 3. The molecule has 0 amide bonds. The summed E-state index contributed by atoms with van der Waals surface area (Å²) in [6, 6.07) is 5.45. The Morgan fingerprint density at radius 3 is 3.20 bits per heavy atom. The smallest absolute Gasteiger partial charge is 0.134 e. The van der Waals surface area contributed by atoms with E-state index in [0.29, 0.717) is 6.61 Å². The Kier molecular flexibility index (Phi) is 2.53. The summed E-state index contributed by atoms with van der Waals surface area (Å²) in [6.07, 6.45) is 1.57. The maximum Gasteiger partial charge on any atom is 0.134 e. The molecule has 0 fully saturated rings. The topological polar surface area (TPSA) is 46.2 Å². The largest absolute Gasteiger partial charge is 0.467 e. The lowest BCUT2D eigenvalue weighted by molar-refractivity contribution is 0.135. The van der Waals surface area contributed by atoms with Gasteiger partial charge in [-0.15, -0.1) is 0 Å². The van der Waals surface area contributed by atoms with Gasteiger partial charge in [0.1, 0.15) is 19.0 Å². The fourth-order valence-electron chi connectivity index (χ4n) is 0.592. The lowest BCUT2D eigenvalue weighted by Crippen LogP contribution is -1.90. The van der Waals surface area contributed by atoms with Gasteiger partial charge >= 0.3 is 0 Å². The first-order valence-electron chi connectivity index (χ1n) is 2.90. The van der Waals surface area contributed by atoms with Crippen LogP contribution < -0.4 is 0 Å². The van der Waals surface area contributed by atoms with Crippen LogP contribution in [0.5, 0.6) is 0 Å². The summed E-state index contributed by atoms with van der Waals surface area (Å²) in [5.74, 6) is 0.746. The van der Waals surface area contributed by atoms with Crippen LogP contribution in [0.15, 0.2) is 22.8 Å². The van der Waals surface area contributed by atoms with E-state index in [1.165, 1.54) is 0 Å². The Morgan fingerprint density at radius 1 is 1.70 bits per heavy atom. The molecule has 0 bridgehead atoms. The molecule has 0 spiro atoms. The molecule has 52 valence electrons. The molecule has 1 aromatic rings. The van der Waals surface area contributed by atoms with Crippen molar-refractivity contribution in [2.75, 3.05) is 6.61 Å². The number of nitrogens with zero attached hydrogens (tertiary/aromatic N) is 1. The van der Waals surface area contributed by atoms with Gasteiger partial charge in [-0.3, -0.25) is 0 Å². The SMILES string of the molecule is N#CCOCc1ccco1. The van der Waals surface area contributed by atoms with Gasteiger partial charge in [0, 0.05) is 0 Å². The van der Waals surface area contributed by atoms with Crippen molar-refractivity contribution in [1.82, 2.24) is 0 Å². The third-order valence-corrected chi connectivity index (χ3v) is 0.991. The Balaban J connectivity index is 2.23. The third kappa shape index (κ3) is 1.92. The maximum absolute atomic E-state index is 8.09. The van der Waals surface area contributed by atoms with Crippen molar-refractivity contribution in [3.63, 3.8) is 0 Å². The van der Waals surface area contributed by atoms with Crippen LogP contribution in [-0.4, -0.2) is 6.61 Å². The van der Waals surface area contributed by atoms with Gasteiger partial charge in [0.05, 0.1) is 12.3 Å². The second-order valence-corrected chi connectivity index (χ2v) is 1.73. The minimum absolute atomic E-state index is 0.112. The summed E-state index contributed by atoms with van der Waals surface area (Å²) in [5, 5.41) is 8.09. The van der Waals surface area contributed by atoms with E-state index in [1.807, 2.05) is 6.07 Å². The van der Waals surface area contributed by atoms with E-state index in [0.717, 1.165) is 5.76 Å². The molecule has 3 nitrogen and oxygen atoms in total. The number of furan rings is 1. The minimum Gasteiger partial charge on any atom is -0.467 e. The van der Waals surface area contributed by atoms with Crippen LogP contribution in [-0.2, 0) is 11.3 Å². The molecule has 0 unspecified atom stereocenters. The molecule has 1 aromatic heterocycles. The lowest BCUT2D eigenvalue weighted by atomic mass is 10.5. The van der Waals surface area contributed by atoms with Crippen molar-refractivity contribution in [3.8, 4) is 6.07 Å². The molecule has 10 heavy (non-hydrogen) atoms. The number of rotatable bonds is 3. The molecule has 0 radical (unpaired) electrons. The van der Waals surface area contributed by atoms with Crippen molar-refractivity contribution in [2.24, 2.45) is 0 Å². The van der Waals surface area contributed by atoms with Crippen molar-refractivity contribution < 1.29 is 9.15 Å². The number of hydrogen-bond donors (Lipinski definition) is 0. The predicted octanol–water partition coefficient (Wildman–Crippen LogP) is 1.32. The van der Waals surface area contributed by atoms with Crippen molar-refractivity contribution in [1.29, 1.82) is 5.26 Å². The van der Waals surface area contributed by atoms with Crippen molar-refractivity contribution >= 4 is 0 Å². The standard InChI is InChI=1S/C7H7NO2/c8-3-5-9-6-7-2-1-4-10-7/h1-2,4H,5-6H2. The summed E-state index contributed by atoms with van der Waals surface area (Å²) < 4.78 is 9.82. The van der Waals surface area contributed by atoms with E-state index in [-0.39, 0.29) is 6.61 Å². The summed E-state index contributed by atoms with van der Waals surface area (Å²) >= 11 is 0. The van der Waals surface area contributed by atoms with Crippen LogP contribution in [0.4, 0.5) is 0 Å². The zero-order chi connectivity index (χ0) is 7.23. The highest BCUT2D eigenvalue weighted by Crippen LogP contribution is 2.00. The van der Waals surface area contributed by atoms with Gasteiger partial charge in [-0.2, -0.15) is 5.26 Å². The van der Waals surface area contributed by atoms with Crippen molar-refractivity contribution in [3.05, 3.63) is 24.2 Å². The maximum atomic E-state index is 8.09. The Bertz CT molecular complexity index is 210. The van der Waals surface area contributed by atoms with Crippen LogP contribution in [0.2, 0.25) is 0 Å². The lowest BCUT2D eigenvalue weighted by Gasteiger charge is -1.92. The Morgan fingerprint density at radius 2 is 2.60 bits per heavy atom. The molecule has 1 rings (SSSR count). The summed E-state index contributed by atoms with van der Waals surface area (Å²) in [4.78, 5) is 0. The molecule has 0 aliphatic carbocycles. The van der Waals surface area contributed by atoms with Crippen LogP contribution in [0, 0.1) is 11.3 Å². The third-order valence-electron chi connectivity index (χ3n) is 0.991. The summed E-state index contributed by atoms with van der Waals surface area (Å²) in [7, 11) is 0. The van der Waals surface area contributed by atoms with E-state index in [2.05, 4.69) is 0 Å². The van der Waals surface area contributed by atoms with E-state index in [4.69, 9.17) is 14.4 Å². The second-order valence-electron chi connectivity index (χ2n) is 1.73. The highest BCUT2D eigenvalue weighted by molar-refractivity contribution is 4.96. The van der Waals surface area contributed by atoms with Crippen molar-refractivity contribution in [2.45, 2.75) is 6.61 Å². The highest BCUT2D eigenvalue weighted by atomic mass is 16.5. The van der Waals surface area contributed by atoms with Gasteiger partial charge in [0.25, 0.3) is 0 Å². The average Bonchev–Trinajstić information content (AvgIpc) is 2.41. The Labute approximate surface area is 58.8 Å². The second kappa shape index (κ2) is 3.70.